The molecule has 1 aliphatic heterocycles. The Bertz CT molecular complexity index is 932. The van der Waals surface area contributed by atoms with E-state index in [0.717, 1.165) is 14.9 Å². The highest BCUT2D eigenvalue weighted by Gasteiger charge is 2.29. The van der Waals surface area contributed by atoms with Gasteiger partial charge in [-0.05, 0) is 38.1 Å². The molecule has 2 N–H and O–H groups in total. The van der Waals surface area contributed by atoms with Gasteiger partial charge in [0.25, 0.3) is 5.91 Å². The van der Waals surface area contributed by atoms with Crippen LogP contribution in [0.4, 0.5) is 5.13 Å². The Morgan fingerprint density at radius 3 is 2.54 bits per heavy atom. The van der Waals surface area contributed by atoms with Gasteiger partial charge in [-0.2, -0.15) is 4.31 Å². The van der Waals surface area contributed by atoms with Gasteiger partial charge in [-0.3, -0.25) is 14.9 Å². The SMILES string of the molecule is Cc1nc(NC(=O)c2ccc(S(=O)(=O)N3CCNC(=O)C3)cc2)sc1C. The zero-order chi connectivity index (χ0) is 18.9. The fourth-order valence-electron chi connectivity index (χ4n) is 2.44. The molecular formula is C16H18N4O4S2. The number of rotatable bonds is 4. The van der Waals surface area contributed by atoms with Crippen molar-refractivity contribution in [1.82, 2.24) is 14.6 Å². The Kier molecular flexibility index (Phi) is 5.08. The average molecular weight is 394 g/mol. The predicted molar refractivity (Wildman–Crippen MR) is 97.8 cm³/mol. The molecule has 1 fully saturated rings. The molecule has 2 heterocycles. The van der Waals surface area contributed by atoms with Crippen LogP contribution in [0.3, 0.4) is 0 Å². The van der Waals surface area contributed by atoms with Crippen LogP contribution in [0, 0.1) is 13.8 Å². The summed E-state index contributed by atoms with van der Waals surface area (Å²) in [5.74, 6) is -0.690. The number of nitrogens with one attached hydrogen (secondary N) is 2. The van der Waals surface area contributed by atoms with E-state index in [4.69, 9.17) is 0 Å². The molecule has 2 aromatic rings. The molecule has 1 aromatic heterocycles. The average Bonchev–Trinajstić information content (AvgIpc) is 2.92. The van der Waals surface area contributed by atoms with E-state index in [-0.39, 0.29) is 36.3 Å². The minimum atomic E-state index is -3.77. The number of hydrogen-bond acceptors (Lipinski definition) is 6. The van der Waals surface area contributed by atoms with Crippen molar-refractivity contribution in [2.75, 3.05) is 25.0 Å². The number of benzene rings is 1. The first-order chi connectivity index (χ1) is 12.3. The van der Waals surface area contributed by atoms with Crippen LogP contribution in [0.1, 0.15) is 20.9 Å². The molecule has 8 nitrogen and oxygen atoms in total. The van der Waals surface area contributed by atoms with Crippen molar-refractivity contribution in [3.05, 3.63) is 40.4 Å². The van der Waals surface area contributed by atoms with Gasteiger partial charge in [-0.25, -0.2) is 13.4 Å². The molecule has 0 aliphatic carbocycles. The zero-order valence-electron chi connectivity index (χ0n) is 14.3. The summed E-state index contributed by atoms with van der Waals surface area (Å²) < 4.78 is 26.3. The first-order valence-electron chi connectivity index (χ1n) is 7.89. The van der Waals surface area contributed by atoms with Crippen molar-refractivity contribution in [2.45, 2.75) is 18.7 Å². The predicted octanol–water partition coefficient (Wildman–Crippen LogP) is 1.13. The molecule has 0 unspecified atom stereocenters. The van der Waals surface area contributed by atoms with Crippen molar-refractivity contribution < 1.29 is 18.0 Å². The number of thiazole rings is 1. The number of sulfonamides is 1. The summed E-state index contributed by atoms with van der Waals surface area (Å²) in [6.07, 6.45) is 0. The molecule has 2 amide bonds. The lowest BCUT2D eigenvalue weighted by molar-refractivity contribution is -0.122. The molecule has 10 heteroatoms. The van der Waals surface area contributed by atoms with E-state index in [2.05, 4.69) is 15.6 Å². The molecule has 26 heavy (non-hydrogen) atoms. The van der Waals surface area contributed by atoms with Crippen LogP contribution in [-0.2, 0) is 14.8 Å². The van der Waals surface area contributed by atoms with Crippen LogP contribution in [0.15, 0.2) is 29.2 Å². The molecule has 138 valence electrons. The molecule has 1 aromatic carbocycles. The summed E-state index contributed by atoms with van der Waals surface area (Å²) in [5, 5.41) is 5.79. The van der Waals surface area contributed by atoms with E-state index in [1.54, 1.807) is 0 Å². The van der Waals surface area contributed by atoms with Gasteiger partial charge >= 0.3 is 0 Å². The smallest absolute Gasteiger partial charge is 0.257 e. The Labute approximate surface area is 155 Å². The Hall–Kier alpha value is -2.30. The zero-order valence-corrected chi connectivity index (χ0v) is 15.9. The summed E-state index contributed by atoms with van der Waals surface area (Å²) in [4.78, 5) is 29.0. The van der Waals surface area contributed by atoms with Gasteiger partial charge in [0.05, 0.1) is 17.1 Å². The van der Waals surface area contributed by atoms with Crippen LogP contribution in [-0.4, -0.2) is 49.2 Å². The number of hydrogen-bond donors (Lipinski definition) is 2. The maximum atomic E-state index is 12.6. The van der Waals surface area contributed by atoms with Crippen molar-refractivity contribution in [2.24, 2.45) is 0 Å². The lowest BCUT2D eigenvalue weighted by Crippen LogP contribution is -2.49. The minimum Gasteiger partial charge on any atom is -0.354 e. The van der Waals surface area contributed by atoms with Gasteiger partial charge in [-0.15, -0.1) is 11.3 Å². The van der Waals surface area contributed by atoms with Crippen LogP contribution in [0.5, 0.6) is 0 Å². The second-order valence-corrected chi connectivity index (χ2v) is 8.97. The maximum Gasteiger partial charge on any atom is 0.257 e. The van der Waals surface area contributed by atoms with Crippen molar-refractivity contribution in [1.29, 1.82) is 0 Å². The van der Waals surface area contributed by atoms with Gasteiger partial charge in [0.2, 0.25) is 15.9 Å². The number of carbonyl (C=O) groups excluding carboxylic acids is 2. The van der Waals surface area contributed by atoms with Crippen molar-refractivity contribution in [3.63, 3.8) is 0 Å². The van der Waals surface area contributed by atoms with Crippen LogP contribution >= 0.6 is 11.3 Å². The highest BCUT2D eigenvalue weighted by atomic mass is 32.2. The quantitative estimate of drug-likeness (QED) is 0.808. The minimum absolute atomic E-state index is 0.0460. The highest BCUT2D eigenvalue weighted by molar-refractivity contribution is 7.89. The largest absolute Gasteiger partial charge is 0.354 e. The molecule has 0 radical (unpaired) electrons. The summed E-state index contributed by atoms with van der Waals surface area (Å²) in [7, 11) is -3.77. The molecule has 0 bridgehead atoms. The van der Waals surface area contributed by atoms with Crippen LogP contribution in [0.2, 0.25) is 0 Å². The van der Waals surface area contributed by atoms with Gasteiger partial charge in [0.1, 0.15) is 0 Å². The summed E-state index contributed by atoms with van der Waals surface area (Å²) >= 11 is 1.38. The molecule has 0 spiro atoms. The molecular weight excluding hydrogens is 376 g/mol. The summed E-state index contributed by atoms with van der Waals surface area (Å²) in [6, 6.07) is 5.63. The lowest BCUT2D eigenvalue weighted by atomic mass is 10.2. The normalized spacial score (nSPS) is 15.5. The monoisotopic (exact) mass is 394 g/mol. The van der Waals surface area contributed by atoms with Gasteiger partial charge in [-0.1, -0.05) is 0 Å². The van der Waals surface area contributed by atoms with E-state index in [0.29, 0.717) is 10.7 Å². The van der Waals surface area contributed by atoms with Gasteiger partial charge in [0.15, 0.2) is 5.13 Å². The van der Waals surface area contributed by atoms with E-state index in [1.807, 2.05) is 13.8 Å². The van der Waals surface area contributed by atoms with Crippen molar-refractivity contribution >= 4 is 38.3 Å². The van der Waals surface area contributed by atoms with Gasteiger partial charge < -0.3 is 5.32 Å². The first-order valence-corrected chi connectivity index (χ1v) is 10.2. The Morgan fingerprint density at radius 2 is 1.96 bits per heavy atom. The van der Waals surface area contributed by atoms with E-state index in [9.17, 15) is 18.0 Å². The van der Waals surface area contributed by atoms with E-state index >= 15 is 0 Å². The second-order valence-electron chi connectivity index (χ2n) is 5.83. The molecule has 0 saturated carbocycles. The number of amides is 2. The van der Waals surface area contributed by atoms with E-state index < -0.39 is 10.0 Å². The summed E-state index contributed by atoms with van der Waals surface area (Å²) in [5.41, 5.74) is 1.18. The fraction of sp³-hybridized carbons (Fsp3) is 0.312. The molecule has 1 saturated heterocycles. The third-order valence-corrected chi connectivity index (χ3v) is 6.85. The van der Waals surface area contributed by atoms with Crippen LogP contribution < -0.4 is 10.6 Å². The third kappa shape index (κ3) is 3.76. The number of nitrogens with zero attached hydrogens (tertiary/aromatic N) is 2. The van der Waals surface area contributed by atoms with Crippen LogP contribution in [0.25, 0.3) is 0 Å². The number of aromatic nitrogens is 1. The van der Waals surface area contributed by atoms with Gasteiger partial charge in [0, 0.05) is 23.5 Å². The Morgan fingerprint density at radius 1 is 1.27 bits per heavy atom. The maximum absolute atomic E-state index is 12.6. The third-order valence-electron chi connectivity index (χ3n) is 4.01. The standard InChI is InChI=1S/C16H18N4O4S2/c1-10-11(2)25-16(18-10)19-15(22)12-3-5-13(6-4-12)26(23,24)20-8-7-17-14(21)9-20/h3-6H,7-9H2,1-2H3,(H,17,21)(H,18,19,22). The molecule has 1 aliphatic rings. The van der Waals surface area contributed by atoms with Crippen molar-refractivity contribution in [3.8, 4) is 0 Å². The number of carbonyl (C=O) groups is 2. The fourth-order valence-corrected chi connectivity index (χ4v) is 4.65. The Balaban J connectivity index is 1.75. The summed E-state index contributed by atoms with van der Waals surface area (Å²) in [6.45, 7) is 4.09. The second kappa shape index (κ2) is 7.14. The molecule has 0 atom stereocenters. The number of anilines is 1. The van der Waals surface area contributed by atoms with E-state index in [1.165, 1.54) is 35.6 Å². The number of piperazine rings is 1. The molecule has 3 rings (SSSR count). The lowest BCUT2D eigenvalue weighted by Gasteiger charge is -2.25. The number of aryl methyl sites for hydroxylation is 2. The highest BCUT2D eigenvalue weighted by Crippen LogP contribution is 2.22. The topological polar surface area (TPSA) is 108 Å². The first kappa shape index (κ1) is 18.5.